The molecule has 5 atom stereocenters. The van der Waals surface area contributed by atoms with Gasteiger partial charge in [-0.05, 0) is 106 Å². The quantitative estimate of drug-likeness (QED) is 0.120. The van der Waals surface area contributed by atoms with Crippen LogP contribution in [0.25, 0.3) is 0 Å². The molecule has 3 aromatic rings. The fourth-order valence-corrected chi connectivity index (χ4v) is 9.22. The van der Waals surface area contributed by atoms with Crippen molar-refractivity contribution in [2.45, 2.75) is 137 Å². The highest BCUT2D eigenvalue weighted by Crippen LogP contribution is 2.41. The second kappa shape index (κ2) is 23.6. The molecule has 4 amide bonds. The van der Waals surface area contributed by atoms with Crippen LogP contribution in [0, 0.1) is 23.2 Å². The number of nitrogens with one attached hydrogen (secondary N) is 2. The minimum Gasteiger partial charge on any atom is -0.445 e. The Kier molecular flexibility index (Phi) is 19.1. The zero-order valence-electron chi connectivity index (χ0n) is 40.4. The van der Waals surface area contributed by atoms with Crippen LogP contribution in [0.3, 0.4) is 0 Å². The van der Waals surface area contributed by atoms with Gasteiger partial charge in [0.2, 0.25) is 11.8 Å². The standard InChI is InChI=1S/C50H71F3N4O8Si/c1-33(2)41(45(59)57-28-26-38(27-29-57)56(9)47(61)62-32-35-18-14-12-15-19-35)54-44(58)37(30-34-22-24-39(25-23-34)63-50(51,52)53)31-40(48(3,4)5)42(55-46(60)64-49(6,7)8)43(65-66(10)11)36-20-16-13-17-21-36/h12-25,33,37-38,40-43,66H,26-32H2,1-11H3,(H,54,58)(H,55,60)/t37-,40+,41-,42-,43?/m0/s1. The van der Waals surface area contributed by atoms with Gasteiger partial charge in [0.15, 0.2) is 9.04 Å². The van der Waals surface area contributed by atoms with Crippen molar-refractivity contribution in [2.75, 3.05) is 20.1 Å². The van der Waals surface area contributed by atoms with Crippen LogP contribution >= 0.6 is 0 Å². The number of hydrogen-bond acceptors (Lipinski definition) is 8. The Morgan fingerprint density at radius 1 is 0.818 bits per heavy atom. The van der Waals surface area contributed by atoms with Gasteiger partial charge in [-0.2, -0.15) is 0 Å². The van der Waals surface area contributed by atoms with E-state index in [1.807, 2.05) is 108 Å². The summed E-state index contributed by atoms with van der Waals surface area (Å²) in [4.78, 5) is 59.3. The number of benzene rings is 3. The molecule has 0 saturated carbocycles. The summed E-state index contributed by atoms with van der Waals surface area (Å²) in [7, 11) is -0.0926. The Balaban J connectivity index is 1.65. The van der Waals surface area contributed by atoms with Gasteiger partial charge in [0.25, 0.3) is 0 Å². The first-order valence-electron chi connectivity index (χ1n) is 22.9. The van der Waals surface area contributed by atoms with Crippen LogP contribution in [0.5, 0.6) is 5.75 Å². The number of carbonyl (C=O) groups excluding carboxylic acids is 4. The number of ether oxygens (including phenoxy) is 3. The predicted octanol–water partition coefficient (Wildman–Crippen LogP) is 9.83. The van der Waals surface area contributed by atoms with Gasteiger partial charge >= 0.3 is 18.5 Å². The highest BCUT2D eigenvalue weighted by Gasteiger charge is 2.43. The SMILES string of the molecule is CC(C)[C@H](NC(=O)[C@@H](Cc1ccc(OC(F)(F)F)cc1)C[C@H]([C@H](NC(=O)OC(C)(C)C)C(O[SiH](C)C)c1ccccc1)C(C)(C)C)C(=O)N1CCC(N(C)C(=O)OCc2ccccc2)CC1. The van der Waals surface area contributed by atoms with Crippen molar-refractivity contribution < 1.29 is 51.0 Å². The first-order chi connectivity index (χ1) is 30.8. The molecule has 1 fully saturated rings. The van der Waals surface area contributed by atoms with E-state index in [1.165, 1.54) is 24.3 Å². The number of amides is 4. The molecule has 0 bridgehead atoms. The number of piperidine rings is 1. The molecular formula is C50H71F3N4O8Si. The number of likely N-dealkylation sites (tertiary alicyclic amines) is 1. The molecule has 3 aromatic carbocycles. The summed E-state index contributed by atoms with van der Waals surface area (Å²) < 4.78 is 61.6. The third-order valence-corrected chi connectivity index (χ3v) is 12.5. The van der Waals surface area contributed by atoms with Crippen molar-refractivity contribution in [1.29, 1.82) is 0 Å². The topological polar surface area (TPSA) is 136 Å². The first kappa shape index (κ1) is 53.5. The molecule has 1 unspecified atom stereocenters. The van der Waals surface area contributed by atoms with Crippen LogP contribution in [0.15, 0.2) is 84.9 Å². The van der Waals surface area contributed by atoms with Gasteiger partial charge in [-0.15, -0.1) is 13.2 Å². The van der Waals surface area contributed by atoms with E-state index < -0.39 is 80.3 Å². The Labute approximate surface area is 391 Å². The van der Waals surface area contributed by atoms with E-state index in [9.17, 15) is 32.3 Å². The van der Waals surface area contributed by atoms with Gasteiger partial charge in [0.05, 0.1) is 12.1 Å². The van der Waals surface area contributed by atoms with Crippen LogP contribution in [0.4, 0.5) is 22.8 Å². The van der Waals surface area contributed by atoms with Crippen molar-refractivity contribution in [3.05, 3.63) is 102 Å². The van der Waals surface area contributed by atoms with Crippen molar-refractivity contribution >= 4 is 33.0 Å². The molecule has 4 rings (SSSR count). The zero-order valence-corrected chi connectivity index (χ0v) is 41.6. The molecule has 1 aliphatic rings. The van der Waals surface area contributed by atoms with Crippen LogP contribution in [0.1, 0.15) is 97.4 Å². The summed E-state index contributed by atoms with van der Waals surface area (Å²) in [6.07, 6.45) is -5.31. The number of nitrogens with zero attached hydrogens (tertiary/aromatic N) is 2. The van der Waals surface area contributed by atoms with Gasteiger partial charge in [0.1, 0.15) is 24.0 Å². The van der Waals surface area contributed by atoms with Crippen molar-refractivity contribution in [3.63, 3.8) is 0 Å². The molecule has 0 aromatic heterocycles. The lowest BCUT2D eigenvalue weighted by Crippen LogP contribution is -2.56. The lowest BCUT2D eigenvalue weighted by atomic mass is 9.69. The maximum absolute atomic E-state index is 14.9. The second-order valence-electron chi connectivity index (χ2n) is 19.9. The molecular weight excluding hydrogens is 870 g/mol. The summed E-state index contributed by atoms with van der Waals surface area (Å²) in [6.45, 7) is 20.1. The lowest BCUT2D eigenvalue weighted by molar-refractivity contribution is -0.274. The van der Waals surface area contributed by atoms with Crippen LogP contribution in [-0.2, 0) is 36.5 Å². The molecule has 1 saturated heterocycles. The van der Waals surface area contributed by atoms with E-state index in [4.69, 9.17) is 13.9 Å². The molecule has 0 aliphatic carbocycles. The number of hydrogen-bond donors (Lipinski definition) is 2. The number of rotatable bonds is 18. The Hall–Kier alpha value is -5.09. The van der Waals surface area contributed by atoms with Crippen LogP contribution in [-0.4, -0.2) is 93.1 Å². The molecule has 364 valence electrons. The van der Waals surface area contributed by atoms with E-state index in [0.29, 0.717) is 31.5 Å². The maximum Gasteiger partial charge on any atom is 0.573 e. The Morgan fingerprint density at radius 3 is 1.91 bits per heavy atom. The summed E-state index contributed by atoms with van der Waals surface area (Å²) in [5.74, 6) is -2.69. The van der Waals surface area contributed by atoms with E-state index in [0.717, 1.165) is 11.1 Å². The van der Waals surface area contributed by atoms with Crippen molar-refractivity contribution in [1.82, 2.24) is 20.4 Å². The highest BCUT2D eigenvalue weighted by atomic mass is 28.3. The van der Waals surface area contributed by atoms with E-state index >= 15 is 0 Å². The van der Waals surface area contributed by atoms with E-state index in [1.54, 1.807) is 37.6 Å². The van der Waals surface area contributed by atoms with Gasteiger partial charge < -0.3 is 39.1 Å². The molecule has 2 N–H and O–H groups in total. The minimum absolute atomic E-state index is 0.0940. The first-order valence-corrected chi connectivity index (χ1v) is 25.7. The van der Waals surface area contributed by atoms with Gasteiger partial charge in [0, 0.05) is 32.1 Å². The number of halogens is 3. The van der Waals surface area contributed by atoms with Gasteiger partial charge in [-0.25, -0.2) is 9.59 Å². The second-order valence-corrected chi connectivity index (χ2v) is 22.3. The van der Waals surface area contributed by atoms with Crippen LogP contribution < -0.4 is 15.4 Å². The Morgan fingerprint density at radius 2 is 1.39 bits per heavy atom. The number of alkyl carbamates (subject to hydrolysis) is 1. The van der Waals surface area contributed by atoms with Gasteiger partial charge in [-0.3, -0.25) is 9.59 Å². The van der Waals surface area contributed by atoms with Crippen molar-refractivity contribution in [3.8, 4) is 5.75 Å². The van der Waals surface area contributed by atoms with E-state index in [-0.39, 0.29) is 37.3 Å². The summed E-state index contributed by atoms with van der Waals surface area (Å²) in [5, 5.41) is 6.26. The van der Waals surface area contributed by atoms with Crippen molar-refractivity contribution in [2.24, 2.45) is 23.2 Å². The lowest BCUT2D eigenvalue weighted by Gasteiger charge is -2.43. The normalized spacial score (nSPS) is 16.2. The van der Waals surface area contributed by atoms with Crippen LogP contribution in [0.2, 0.25) is 13.1 Å². The zero-order chi connectivity index (χ0) is 49.0. The fraction of sp³-hybridized carbons (Fsp3) is 0.560. The molecule has 12 nitrogen and oxygen atoms in total. The maximum atomic E-state index is 14.9. The third kappa shape index (κ3) is 17.0. The fourth-order valence-electron chi connectivity index (χ4n) is 8.30. The molecule has 1 aliphatic heterocycles. The molecule has 1 heterocycles. The molecule has 66 heavy (non-hydrogen) atoms. The summed E-state index contributed by atoms with van der Waals surface area (Å²) in [5.41, 5.74) is 0.891. The monoisotopic (exact) mass is 940 g/mol. The third-order valence-electron chi connectivity index (χ3n) is 11.7. The Bertz CT molecular complexity index is 2000. The average Bonchev–Trinajstić information content (AvgIpc) is 3.23. The number of alkyl halides is 3. The predicted molar refractivity (Wildman–Crippen MR) is 251 cm³/mol. The molecule has 0 spiro atoms. The highest BCUT2D eigenvalue weighted by molar-refractivity contribution is 6.48. The number of carbonyl (C=O) groups is 4. The smallest absolute Gasteiger partial charge is 0.445 e. The summed E-state index contributed by atoms with van der Waals surface area (Å²) >= 11 is 0. The van der Waals surface area contributed by atoms with E-state index in [2.05, 4.69) is 15.4 Å². The van der Waals surface area contributed by atoms with Gasteiger partial charge in [-0.1, -0.05) is 107 Å². The summed E-state index contributed by atoms with van der Waals surface area (Å²) in [6, 6.07) is 22.6. The largest absolute Gasteiger partial charge is 0.573 e. The average molecular weight is 941 g/mol. The molecule has 16 heteroatoms. The molecule has 0 radical (unpaired) electrons. The minimum atomic E-state index is -4.88.